The van der Waals surface area contributed by atoms with Crippen molar-refractivity contribution in [3.8, 4) is 5.75 Å². The fourth-order valence-electron chi connectivity index (χ4n) is 3.52. The molecule has 0 bridgehead atoms. The zero-order valence-corrected chi connectivity index (χ0v) is 17.8. The highest BCUT2D eigenvalue weighted by atomic mass is 35.5. The number of nitrogens with one attached hydrogen (secondary N) is 2. The van der Waals surface area contributed by atoms with Crippen LogP contribution in [0.1, 0.15) is 24.5 Å². The van der Waals surface area contributed by atoms with E-state index in [2.05, 4.69) is 5.32 Å². The Bertz CT molecular complexity index is 870. The van der Waals surface area contributed by atoms with Crippen molar-refractivity contribution in [2.24, 2.45) is 0 Å². The summed E-state index contributed by atoms with van der Waals surface area (Å²) in [6, 6.07) is 15.0. The van der Waals surface area contributed by atoms with E-state index in [1.165, 1.54) is 4.90 Å². The number of hydrogen-bond acceptors (Lipinski definition) is 3. The Morgan fingerprint density at radius 3 is 2.31 bits per heavy atom. The highest BCUT2D eigenvalue weighted by molar-refractivity contribution is 6.30. The van der Waals surface area contributed by atoms with Crippen molar-refractivity contribution < 1.29 is 19.2 Å². The summed E-state index contributed by atoms with van der Waals surface area (Å²) in [7, 11) is 3.59. The normalized spacial score (nSPS) is 19.9. The molecule has 2 aromatic rings. The number of carbonyl (C=O) groups excluding carboxylic acids is 2. The molecule has 3 rings (SSSR count). The number of ether oxygens (including phenoxy) is 1. The topological polar surface area (TPSA) is 63.1 Å². The SMILES string of the molecule is COc1ccc(CC[C@@]2(C)NC(=O)N(C[NH+](C)Cc3ccc(Cl)cc3)C2=O)cc1. The van der Waals surface area contributed by atoms with Crippen LogP contribution in [0.15, 0.2) is 48.5 Å². The lowest BCUT2D eigenvalue weighted by molar-refractivity contribution is -0.901. The van der Waals surface area contributed by atoms with Crippen LogP contribution < -0.4 is 15.0 Å². The van der Waals surface area contributed by atoms with Crippen LogP contribution in [0.4, 0.5) is 4.79 Å². The van der Waals surface area contributed by atoms with Gasteiger partial charge in [-0.3, -0.25) is 4.79 Å². The summed E-state index contributed by atoms with van der Waals surface area (Å²) >= 11 is 5.93. The van der Waals surface area contributed by atoms with Crippen molar-refractivity contribution in [2.75, 3.05) is 20.8 Å². The molecule has 2 N–H and O–H groups in total. The molecule has 0 saturated carbocycles. The molecule has 1 unspecified atom stereocenters. The van der Waals surface area contributed by atoms with Gasteiger partial charge in [0.1, 0.15) is 17.8 Å². The van der Waals surface area contributed by atoms with E-state index in [-0.39, 0.29) is 11.9 Å². The van der Waals surface area contributed by atoms with Gasteiger partial charge in [-0.1, -0.05) is 35.9 Å². The minimum absolute atomic E-state index is 0.175. The summed E-state index contributed by atoms with van der Waals surface area (Å²) in [5.74, 6) is 0.620. The van der Waals surface area contributed by atoms with Crippen LogP contribution in [-0.4, -0.2) is 43.2 Å². The van der Waals surface area contributed by atoms with Crippen molar-refractivity contribution in [1.82, 2.24) is 10.2 Å². The van der Waals surface area contributed by atoms with Gasteiger partial charge in [-0.05, 0) is 49.6 Å². The molecule has 0 radical (unpaired) electrons. The third-order valence-corrected chi connectivity index (χ3v) is 5.52. The van der Waals surface area contributed by atoms with E-state index in [0.717, 1.165) is 21.8 Å². The van der Waals surface area contributed by atoms with Gasteiger partial charge in [0.05, 0.1) is 14.2 Å². The number of halogens is 1. The molecule has 6 nitrogen and oxygen atoms in total. The maximum absolute atomic E-state index is 13.0. The minimum atomic E-state index is -0.891. The fraction of sp³-hybridized carbons (Fsp3) is 0.364. The van der Waals surface area contributed by atoms with Gasteiger partial charge in [-0.15, -0.1) is 0 Å². The molecule has 0 spiro atoms. The molecule has 1 aliphatic rings. The first-order valence-electron chi connectivity index (χ1n) is 9.63. The highest BCUT2D eigenvalue weighted by Crippen LogP contribution is 2.23. The Balaban J connectivity index is 1.59. The van der Waals surface area contributed by atoms with Crippen LogP contribution in [0.25, 0.3) is 0 Å². The largest absolute Gasteiger partial charge is 0.497 e. The van der Waals surface area contributed by atoms with Crippen LogP contribution in [0.3, 0.4) is 0 Å². The predicted molar refractivity (Wildman–Crippen MR) is 112 cm³/mol. The fourth-order valence-corrected chi connectivity index (χ4v) is 3.65. The second kappa shape index (κ2) is 8.84. The van der Waals surface area contributed by atoms with Gasteiger partial charge in [0.2, 0.25) is 0 Å². The van der Waals surface area contributed by atoms with E-state index < -0.39 is 5.54 Å². The summed E-state index contributed by atoms with van der Waals surface area (Å²) in [5.41, 5.74) is 1.30. The average Bonchev–Trinajstić information content (AvgIpc) is 2.92. The van der Waals surface area contributed by atoms with E-state index in [1.54, 1.807) is 14.0 Å². The lowest BCUT2D eigenvalue weighted by Gasteiger charge is -2.23. The molecule has 29 heavy (non-hydrogen) atoms. The summed E-state index contributed by atoms with van der Waals surface area (Å²) in [4.78, 5) is 27.8. The molecule has 2 atom stereocenters. The van der Waals surface area contributed by atoms with E-state index in [1.807, 2.05) is 55.6 Å². The average molecular weight is 417 g/mol. The Morgan fingerprint density at radius 1 is 1.07 bits per heavy atom. The van der Waals surface area contributed by atoms with Gasteiger partial charge in [-0.2, -0.15) is 0 Å². The molecule has 3 amide bonds. The van der Waals surface area contributed by atoms with Gasteiger partial charge in [-0.25, -0.2) is 9.69 Å². The van der Waals surface area contributed by atoms with Crippen LogP contribution >= 0.6 is 11.6 Å². The molecule has 7 heteroatoms. The maximum Gasteiger partial charge on any atom is 0.329 e. The Labute approximate surface area is 176 Å². The maximum atomic E-state index is 13.0. The number of nitrogens with zero attached hydrogens (tertiary/aromatic N) is 1. The Morgan fingerprint density at radius 2 is 1.69 bits per heavy atom. The number of methoxy groups -OCH3 is 1. The molecule has 1 saturated heterocycles. The number of quaternary nitrogens is 1. The van der Waals surface area contributed by atoms with Gasteiger partial charge in [0.15, 0.2) is 6.67 Å². The van der Waals surface area contributed by atoms with Crippen molar-refractivity contribution in [3.63, 3.8) is 0 Å². The van der Waals surface area contributed by atoms with Gasteiger partial charge in [0, 0.05) is 10.6 Å². The third kappa shape index (κ3) is 5.08. The zero-order chi connectivity index (χ0) is 21.0. The number of urea groups is 1. The number of aryl methyl sites for hydroxylation is 1. The second-order valence-electron chi connectivity index (χ2n) is 7.76. The summed E-state index contributed by atoms with van der Waals surface area (Å²) < 4.78 is 5.17. The molecule has 1 aliphatic heterocycles. The molecular weight excluding hydrogens is 390 g/mol. The highest BCUT2D eigenvalue weighted by Gasteiger charge is 2.48. The summed E-state index contributed by atoms with van der Waals surface area (Å²) in [6.07, 6.45) is 1.23. The Hall–Kier alpha value is -2.57. The number of benzene rings is 2. The van der Waals surface area contributed by atoms with E-state index in [4.69, 9.17) is 16.3 Å². The number of hydrogen-bond donors (Lipinski definition) is 2. The number of imide groups is 1. The van der Waals surface area contributed by atoms with Crippen molar-refractivity contribution in [3.05, 3.63) is 64.7 Å². The summed E-state index contributed by atoms with van der Waals surface area (Å²) in [5, 5.41) is 3.57. The minimum Gasteiger partial charge on any atom is -0.497 e. The third-order valence-electron chi connectivity index (χ3n) is 5.27. The second-order valence-corrected chi connectivity index (χ2v) is 8.20. The first kappa shape index (κ1) is 21.1. The Kier molecular flexibility index (Phi) is 6.45. The number of carbonyl (C=O) groups is 2. The first-order chi connectivity index (χ1) is 13.8. The standard InChI is InChI=1S/C22H26ClN3O3/c1-22(13-12-16-6-10-19(29-3)11-7-16)20(27)26(21(28)24-22)15-25(2)14-17-4-8-18(23)9-5-17/h4-11H,12-15H2,1-3H3,(H,24,28)/p+1/t22-/m1/s1. The van der Waals surface area contributed by atoms with Crippen molar-refractivity contribution in [1.29, 1.82) is 0 Å². The van der Waals surface area contributed by atoms with Crippen LogP contribution in [0.5, 0.6) is 5.75 Å². The van der Waals surface area contributed by atoms with E-state index in [9.17, 15) is 9.59 Å². The van der Waals surface area contributed by atoms with Crippen LogP contribution in [-0.2, 0) is 17.8 Å². The van der Waals surface area contributed by atoms with Crippen LogP contribution in [0, 0.1) is 0 Å². The van der Waals surface area contributed by atoms with Crippen molar-refractivity contribution in [2.45, 2.75) is 31.8 Å². The molecule has 1 fully saturated rings. The molecule has 2 aromatic carbocycles. The lowest BCUT2D eigenvalue weighted by atomic mass is 9.93. The van der Waals surface area contributed by atoms with Gasteiger partial charge < -0.3 is 15.0 Å². The lowest BCUT2D eigenvalue weighted by Crippen LogP contribution is -3.09. The molecule has 0 aliphatic carbocycles. The number of amides is 3. The smallest absolute Gasteiger partial charge is 0.329 e. The van der Waals surface area contributed by atoms with E-state index >= 15 is 0 Å². The molecule has 0 aromatic heterocycles. The van der Waals surface area contributed by atoms with Crippen LogP contribution in [0.2, 0.25) is 5.02 Å². The number of rotatable bonds is 8. The quantitative estimate of drug-likeness (QED) is 0.649. The van der Waals surface area contributed by atoms with Gasteiger partial charge >= 0.3 is 6.03 Å². The first-order valence-corrected chi connectivity index (χ1v) is 10.0. The zero-order valence-electron chi connectivity index (χ0n) is 17.0. The van der Waals surface area contributed by atoms with Gasteiger partial charge in [0.25, 0.3) is 5.91 Å². The monoisotopic (exact) mass is 416 g/mol. The summed E-state index contributed by atoms with van der Waals surface area (Å²) in [6.45, 7) is 2.80. The molecular formula is C22H27ClN3O3+. The van der Waals surface area contributed by atoms with E-state index in [0.29, 0.717) is 31.1 Å². The van der Waals surface area contributed by atoms with Crippen molar-refractivity contribution >= 4 is 23.5 Å². The molecule has 1 heterocycles. The predicted octanol–water partition coefficient (Wildman–Crippen LogP) is 2.26. The molecule has 154 valence electrons.